The third kappa shape index (κ3) is 6.22. The van der Waals surface area contributed by atoms with Crippen LogP contribution in [0.2, 0.25) is 0 Å². The molecule has 3 rings (SSSR count). The molecular formula is C22H26FN3O7S. The summed E-state index contributed by atoms with van der Waals surface area (Å²) in [7, 11) is -1.22. The number of morpholine rings is 1. The molecule has 0 spiro atoms. The van der Waals surface area contributed by atoms with E-state index in [9.17, 15) is 22.4 Å². The molecule has 0 atom stereocenters. The summed E-state index contributed by atoms with van der Waals surface area (Å²) in [5, 5.41) is 5.21. The molecule has 2 N–H and O–H groups in total. The molecule has 2 aromatic rings. The highest BCUT2D eigenvalue weighted by Crippen LogP contribution is 2.26. The molecular weight excluding hydrogens is 469 g/mol. The van der Waals surface area contributed by atoms with Crippen LogP contribution >= 0.6 is 0 Å². The van der Waals surface area contributed by atoms with Crippen molar-refractivity contribution in [1.82, 2.24) is 4.90 Å². The second kappa shape index (κ2) is 10.8. The summed E-state index contributed by atoms with van der Waals surface area (Å²) in [6.07, 6.45) is 0. The maximum atomic E-state index is 13.9. The van der Waals surface area contributed by atoms with Gasteiger partial charge < -0.3 is 24.0 Å². The van der Waals surface area contributed by atoms with Gasteiger partial charge in [-0.25, -0.2) is 22.7 Å². The Kier molecular flexibility index (Phi) is 8.07. The third-order valence-corrected chi connectivity index (χ3v) is 6.17. The monoisotopic (exact) mass is 495 g/mol. The molecule has 1 aliphatic rings. The lowest BCUT2D eigenvalue weighted by molar-refractivity contribution is -0.133. The van der Waals surface area contributed by atoms with E-state index >= 15 is 0 Å². The van der Waals surface area contributed by atoms with Crippen LogP contribution in [-0.4, -0.2) is 72.3 Å². The van der Waals surface area contributed by atoms with Gasteiger partial charge in [-0.15, -0.1) is 0 Å². The van der Waals surface area contributed by atoms with Crippen LogP contribution in [0.15, 0.2) is 41.3 Å². The number of amides is 1. The van der Waals surface area contributed by atoms with E-state index in [1.807, 2.05) is 4.90 Å². The molecule has 0 aliphatic carbocycles. The largest absolute Gasteiger partial charge is 0.494 e. The fourth-order valence-electron chi connectivity index (χ4n) is 3.42. The highest BCUT2D eigenvalue weighted by molar-refractivity contribution is 7.89. The summed E-state index contributed by atoms with van der Waals surface area (Å²) in [4.78, 5) is 28.2. The normalized spacial score (nSPS) is 13.9. The number of nitrogens with zero attached hydrogens (tertiary/aromatic N) is 2. The molecule has 0 radical (unpaired) electrons. The van der Waals surface area contributed by atoms with Crippen LogP contribution in [-0.2, 0) is 30.8 Å². The summed E-state index contributed by atoms with van der Waals surface area (Å²) < 4.78 is 52.8. The molecule has 1 aliphatic heterocycles. The summed E-state index contributed by atoms with van der Waals surface area (Å²) in [5.74, 6) is -1.87. The number of esters is 1. The van der Waals surface area contributed by atoms with Gasteiger partial charge in [0.1, 0.15) is 0 Å². The molecule has 1 amide bonds. The second-order valence-corrected chi connectivity index (χ2v) is 9.18. The molecule has 34 heavy (non-hydrogen) atoms. The van der Waals surface area contributed by atoms with E-state index in [1.165, 1.54) is 43.3 Å². The van der Waals surface area contributed by atoms with Gasteiger partial charge in [0, 0.05) is 26.7 Å². The lowest BCUT2D eigenvalue weighted by Crippen LogP contribution is -2.37. The zero-order valence-electron chi connectivity index (χ0n) is 18.8. The number of hydrogen-bond donors (Lipinski definition) is 1. The van der Waals surface area contributed by atoms with Gasteiger partial charge in [-0.3, -0.25) is 4.79 Å². The lowest BCUT2D eigenvalue weighted by Gasteiger charge is -2.30. The summed E-state index contributed by atoms with van der Waals surface area (Å²) in [6.45, 7) is 1.37. The number of sulfonamides is 1. The zero-order chi connectivity index (χ0) is 24.9. The predicted octanol–water partition coefficient (Wildman–Crippen LogP) is 1.13. The van der Waals surface area contributed by atoms with Crippen LogP contribution in [0, 0.1) is 5.82 Å². The first-order valence-corrected chi connectivity index (χ1v) is 11.9. The quantitative estimate of drug-likeness (QED) is 0.540. The first kappa shape index (κ1) is 25.4. The van der Waals surface area contributed by atoms with E-state index in [0.29, 0.717) is 37.6 Å². The van der Waals surface area contributed by atoms with Gasteiger partial charge in [0.25, 0.3) is 5.91 Å². The minimum absolute atomic E-state index is 0.0268. The van der Waals surface area contributed by atoms with Gasteiger partial charge in [-0.05, 0) is 35.9 Å². The van der Waals surface area contributed by atoms with E-state index in [-0.39, 0.29) is 22.8 Å². The van der Waals surface area contributed by atoms with Crippen molar-refractivity contribution in [2.24, 2.45) is 5.14 Å². The Morgan fingerprint density at radius 1 is 1.18 bits per heavy atom. The molecule has 1 fully saturated rings. The van der Waals surface area contributed by atoms with Crippen molar-refractivity contribution in [1.29, 1.82) is 0 Å². The molecule has 0 unspecified atom stereocenters. The predicted molar refractivity (Wildman–Crippen MR) is 121 cm³/mol. The van der Waals surface area contributed by atoms with E-state index in [0.717, 1.165) is 6.07 Å². The van der Waals surface area contributed by atoms with Crippen LogP contribution in [0.4, 0.5) is 10.1 Å². The number of rotatable bonds is 8. The number of nitrogens with two attached hydrogens (primary N) is 1. The summed E-state index contributed by atoms with van der Waals surface area (Å²) in [6, 6.07) is 8.25. The summed E-state index contributed by atoms with van der Waals surface area (Å²) >= 11 is 0. The summed E-state index contributed by atoms with van der Waals surface area (Å²) in [5.41, 5.74) is 0.951. The molecule has 1 saturated heterocycles. The average molecular weight is 496 g/mol. The van der Waals surface area contributed by atoms with Crippen LogP contribution in [0.1, 0.15) is 15.9 Å². The SMILES string of the molecule is COc1ccc(CN(C)C(=O)COC(=O)c2cc(S(N)(=O)=O)ccc2N2CCOCC2)cc1F. The Bertz CT molecular complexity index is 1170. The second-order valence-electron chi connectivity index (χ2n) is 7.62. The van der Waals surface area contributed by atoms with E-state index in [2.05, 4.69) is 0 Å². The van der Waals surface area contributed by atoms with Crippen LogP contribution in [0.5, 0.6) is 5.75 Å². The van der Waals surface area contributed by atoms with E-state index < -0.39 is 34.3 Å². The maximum absolute atomic E-state index is 13.9. The van der Waals surface area contributed by atoms with Gasteiger partial charge >= 0.3 is 5.97 Å². The number of halogens is 1. The van der Waals surface area contributed by atoms with Crippen LogP contribution < -0.4 is 14.8 Å². The Morgan fingerprint density at radius 2 is 1.88 bits per heavy atom. The molecule has 12 heteroatoms. The van der Waals surface area contributed by atoms with Gasteiger partial charge in [0.2, 0.25) is 10.0 Å². The number of carbonyl (C=O) groups is 2. The molecule has 184 valence electrons. The number of primary sulfonamides is 1. The number of ether oxygens (including phenoxy) is 3. The van der Waals surface area contributed by atoms with Gasteiger partial charge in [0.15, 0.2) is 18.2 Å². The third-order valence-electron chi connectivity index (χ3n) is 5.26. The fraction of sp³-hybridized carbons (Fsp3) is 0.364. The highest BCUT2D eigenvalue weighted by atomic mass is 32.2. The van der Waals surface area contributed by atoms with Crippen molar-refractivity contribution in [2.75, 3.05) is 52.0 Å². The molecule has 0 saturated carbocycles. The molecule has 10 nitrogen and oxygen atoms in total. The first-order chi connectivity index (χ1) is 16.1. The van der Waals surface area contributed by atoms with Crippen molar-refractivity contribution >= 4 is 27.6 Å². The average Bonchev–Trinajstić information content (AvgIpc) is 2.82. The first-order valence-electron chi connectivity index (χ1n) is 10.3. The fourth-order valence-corrected chi connectivity index (χ4v) is 3.96. The molecule has 1 heterocycles. The molecule has 2 aromatic carbocycles. The zero-order valence-corrected chi connectivity index (χ0v) is 19.6. The molecule has 0 bridgehead atoms. The smallest absolute Gasteiger partial charge is 0.340 e. The Labute approximate surface area is 197 Å². The standard InChI is InChI=1S/C22H26FN3O7S/c1-25(13-15-3-6-20(31-2)18(23)11-15)21(27)14-33-22(28)17-12-16(34(24,29)30)4-5-19(17)26-7-9-32-10-8-26/h3-6,11-12H,7-10,13-14H2,1-2H3,(H2,24,29,30). The minimum atomic E-state index is -4.06. The van der Waals surface area contributed by atoms with Crippen molar-refractivity contribution < 1.29 is 36.6 Å². The number of carbonyl (C=O) groups excluding carboxylic acids is 2. The minimum Gasteiger partial charge on any atom is -0.494 e. The van der Waals surface area contributed by atoms with Crippen molar-refractivity contribution in [3.8, 4) is 5.75 Å². The number of benzene rings is 2. The van der Waals surface area contributed by atoms with Crippen LogP contribution in [0.3, 0.4) is 0 Å². The number of likely N-dealkylation sites (N-methyl/N-ethyl adjacent to an activating group) is 1. The van der Waals surface area contributed by atoms with Crippen molar-refractivity contribution in [2.45, 2.75) is 11.4 Å². The van der Waals surface area contributed by atoms with Crippen molar-refractivity contribution in [3.63, 3.8) is 0 Å². The number of methoxy groups -OCH3 is 1. The van der Waals surface area contributed by atoms with Crippen LogP contribution in [0.25, 0.3) is 0 Å². The van der Waals surface area contributed by atoms with Gasteiger partial charge in [-0.2, -0.15) is 0 Å². The van der Waals surface area contributed by atoms with Gasteiger partial charge in [0.05, 0.1) is 36.5 Å². The highest BCUT2D eigenvalue weighted by Gasteiger charge is 2.24. The Hall–Kier alpha value is -3.22. The Morgan fingerprint density at radius 3 is 2.50 bits per heavy atom. The molecule has 0 aromatic heterocycles. The topological polar surface area (TPSA) is 128 Å². The van der Waals surface area contributed by atoms with E-state index in [4.69, 9.17) is 19.3 Å². The number of anilines is 1. The van der Waals surface area contributed by atoms with Crippen molar-refractivity contribution in [3.05, 3.63) is 53.3 Å². The number of hydrogen-bond acceptors (Lipinski definition) is 8. The lowest BCUT2D eigenvalue weighted by atomic mass is 10.1. The van der Waals surface area contributed by atoms with E-state index in [1.54, 1.807) is 6.07 Å². The van der Waals surface area contributed by atoms with Gasteiger partial charge in [-0.1, -0.05) is 6.07 Å². The Balaban J connectivity index is 1.71. The maximum Gasteiger partial charge on any atom is 0.340 e.